The zero-order chi connectivity index (χ0) is 20.2. The normalized spacial score (nSPS) is 11.2. The summed E-state index contributed by atoms with van der Waals surface area (Å²) in [7, 11) is 0. The molecule has 0 heterocycles. The molecule has 0 aliphatic rings. The third-order valence-electron chi connectivity index (χ3n) is 4.19. The molecule has 0 fully saturated rings. The summed E-state index contributed by atoms with van der Waals surface area (Å²) in [5.74, 6) is -0.970. The van der Waals surface area contributed by atoms with E-state index in [9.17, 15) is 14.0 Å². The molecule has 0 spiro atoms. The van der Waals surface area contributed by atoms with Crippen molar-refractivity contribution in [2.75, 3.05) is 16.8 Å². The molecular weight excluding hydrogens is 367 g/mol. The Morgan fingerprint density at radius 2 is 1.74 bits per heavy atom. The van der Waals surface area contributed by atoms with Crippen LogP contribution in [0.1, 0.15) is 39.7 Å². The Morgan fingerprint density at radius 3 is 2.26 bits per heavy atom. The molecule has 144 valence electrons. The SMILES string of the molecule is CC(=O)N(CCC(=O)Nc1ccc(F)c(Cl)c1)c1ccc(C(C)(C)C)cc1. The first-order valence-electron chi connectivity index (χ1n) is 8.71. The van der Waals surface area contributed by atoms with Gasteiger partial charge in [0.25, 0.3) is 0 Å². The number of nitrogens with zero attached hydrogens (tertiary/aromatic N) is 1. The molecule has 0 aliphatic heterocycles. The second-order valence-electron chi connectivity index (χ2n) is 7.39. The van der Waals surface area contributed by atoms with Crippen LogP contribution >= 0.6 is 11.6 Å². The van der Waals surface area contributed by atoms with Crippen LogP contribution in [-0.4, -0.2) is 18.4 Å². The number of rotatable bonds is 5. The second kappa shape index (κ2) is 8.53. The van der Waals surface area contributed by atoms with Gasteiger partial charge in [-0.05, 0) is 41.3 Å². The highest BCUT2D eigenvalue weighted by Crippen LogP contribution is 2.25. The standard InChI is InChI=1S/C21H24ClFN2O2/c1-14(26)25(17-8-5-15(6-9-17)21(2,3)4)12-11-20(27)24-16-7-10-19(23)18(22)13-16/h5-10,13H,11-12H2,1-4H3,(H,24,27). The second-order valence-corrected chi connectivity index (χ2v) is 7.80. The summed E-state index contributed by atoms with van der Waals surface area (Å²) in [5.41, 5.74) is 2.35. The van der Waals surface area contributed by atoms with E-state index in [2.05, 4.69) is 26.1 Å². The first-order valence-corrected chi connectivity index (χ1v) is 9.09. The molecule has 0 aromatic heterocycles. The first-order chi connectivity index (χ1) is 12.6. The van der Waals surface area contributed by atoms with Gasteiger partial charge in [0, 0.05) is 31.3 Å². The molecule has 1 N–H and O–H groups in total. The molecule has 0 unspecified atom stereocenters. The third kappa shape index (κ3) is 5.79. The van der Waals surface area contributed by atoms with E-state index in [0.29, 0.717) is 5.69 Å². The van der Waals surface area contributed by atoms with Crippen LogP contribution in [0.5, 0.6) is 0 Å². The number of carbonyl (C=O) groups is 2. The molecule has 0 atom stereocenters. The molecule has 6 heteroatoms. The van der Waals surface area contributed by atoms with Crippen LogP contribution in [0.4, 0.5) is 15.8 Å². The van der Waals surface area contributed by atoms with Crippen LogP contribution in [0.25, 0.3) is 0 Å². The van der Waals surface area contributed by atoms with E-state index in [4.69, 9.17) is 11.6 Å². The van der Waals surface area contributed by atoms with Crippen LogP contribution in [0.2, 0.25) is 5.02 Å². The van der Waals surface area contributed by atoms with Crippen molar-refractivity contribution in [2.24, 2.45) is 0 Å². The maximum atomic E-state index is 13.2. The molecule has 0 bridgehead atoms. The van der Waals surface area contributed by atoms with Crippen molar-refractivity contribution in [3.05, 3.63) is 58.9 Å². The van der Waals surface area contributed by atoms with Crippen LogP contribution in [0.3, 0.4) is 0 Å². The van der Waals surface area contributed by atoms with E-state index >= 15 is 0 Å². The van der Waals surface area contributed by atoms with Gasteiger partial charge in [0.15, 0.2) is 0 Å². The summed E-state index contributed by atoms with van der Waals surface area (Å²) >= 11 is 5.71. The fourth-order valence-electron chi connectivity index (χ4n) is 2.62. The Labute approximate surface area is 164 Å². The largest absolute Gasteiger partial charge is 0.326 e. The number of nitrogens with one attached hydrogen (secondary N) is 1. The van der Waals surface area contributed by atoms with Gasteiger partial charge in [0.05, 0.1) is 5.02 Å². The zero-order valence-corrected chi connectivity index (χ0v) is 16.7. The van der Waals surface area contributed by atoms with Gasteiger partial charge in [-0.3, -0.25) is 9.59 Å². The van der Waals surface area contributed by atoms with E-state index in [1.165, 1.54) is 30.7 Å². The number of hydrogen-bond donors (Lipinski definition) is 1. The van der Waals surface area contributed by atoms with Crippen molar-refractivity contribution in [1.29, 1.82) is 0 Å². The zero-order valence-electron chi connectivity index (χ0n) is 16.0. The van der Waals surface area contributed by atoms with E-state index in [1.807, 2.05) is 24.3 Å². The van der Waals surface area contributed by atoms with E-state index < -0.39 is 5.82 Å². The lowest BCUT2D eigenvalue weighted by Crippen LogP contribution is -2.32. The van der Waals surface area contributed by atoms with Gasteiger partial charge in [0.2, 0.25) is 11.8 Å². The summed E-state index contributed by atoms with van der Waals surface area (Å²) < 4.78 is 13.2. The molecule has 2 amide bonds. The van der Waals surface area contributed by atoms with Gasteiger partial charge in [-0.25, -0.2) is 4.39 Å². The minimum absolute atomic E-state index is 0.0237. The molecule has 27 heavy (non-hydrogen) atoms. The fraction of sp³-hybridized carbons (Fsp3) is 0.333. The summed E-state index contributed by atoms with van der Waals surface area (Å²) in [6.07, 6.45) is 0.107. The first kappa shape index (κ1) is 20.9. The van der Waals surface area contributed by atoms with Crippen molar-refractivity contribution < 1.29 is 14.0 Å². The number of halogens is 2. The van der Waals surface area contributed by atoms with Gasteiger partial charge in [0.1, 0.15) is 5.82 Å². The summed E-state index contributed by atoms with van der Waals surface area (Å²) in [6, 6.07) is 11.7. The van der Waals surface area contributed by atoms with Gasteiger partial charge >= 0.3 is 0 Å². The maximum Gasteiger partial charge on any atom is 0.226 e. The number of carbonyl (C=O) groups excluding carboxylic acids is 2. The van der Waals surface area contributed by atoms with Crippen molar-refractivity contribution in [1.82, 2.24) is 0 Å². The minimum Gasteiger partial charge on any atom is -0.326 e. The van der Waals surface area contributed by atoms with Crippen LogP contribution in [0.15, 0.2) is 42.5 Å². The molecule has 0 aliphatic carbocycles. The lowest BCUT2D eigenvalue weighted by Gasteiger charge is -2.23. The summed E-state index contributed by atoms with van der Waals surface area (Å²) in [4.78, 5) is 25.7. The predicted molar refractivity (Wildman–Crippen MR) is 108 cm³/mol. The van der Waals surface area contributed by atoms with Crippen molar-refractivity contribution in [3.63, 3.8) is 0 Å². The maximum absolute atomic E-state index is 13.2. The Kier molecular flexibility index (Phi) is 6.60. The van der Waals surface area contributed by atoms with Gasteiger partial charge in [-0.1, -0.05) is 44.5 Å². The van der Waals surface area contributed by atoms with E-state index in [1.54, 1.807) is 4.90 Å². The molecule has 0 saturated carbocycles. The topological polar surface area (TPSA) is 49.4 Å². The molecule has 2 aromatic carbocycles. The monoisotopic (exact) mass is 390 g/mol. The lowest BCUT2D eigenvalue weighted by atomic mass is 9.87. The van der Waals surface area contributed by atoms with Crippen LogP contribution in [-0.2, 0) is 15.0 Å². The van der Waals surface area contributed by atoms with Crippen LogP contribution in [0, 0.1) is 5.82 Å². The Bertz CT molecular complexity index is 829. The van der Waals surface area contributed by atoms with Gasteiger partial charge in [-0.15, -0.1) is 0 Å². The highest BCUT2D eigenvalue weighted by atomic mass is 35.5. The average Bonchev–Trinajstić information content (AvgIpc) is 2.58. The smallest absolute Gasteiger partial charge is 0.226 e. The van der Waals surface area contributed by atoms with Crippen molar-refractivity contribution in [3.8, 4) is 0 Å². The van der Waals surface area contributed by atoms with Crippen molar-refractivity contribution in [2.45, 2.75) is 39.5 Å². The molecule has 2 rings (SSSR count). The number of benzene rings is 2. The molecule has 0 radical (unpaired) electrons. The summed E-state index contributed by atoms with van der Waals surface area (Å²) in [5, 5.41) is 2.60. The molecule has 4 nitrogen and oxygen atoms in total. The highest BCUT2D eigenvalue weighted by Gasteiger charge is 2.17. The Hall–Kier alpha value is -2.40. The van der Waals surface area contributed by atoms with E-state index in [0.717, 1.165) is 5.69 Å². The van der Waals surface area contributed by atoms with Crippen molar-refractivity contribution >= 4 is 34.8 Å². The predicted octanol–water partition coefficient (Wildman–Crippen LogP) is 5.16. The summed E-state index contributed by atoms with van der Waals surface area (Å²) in [6.45, 7) is 8.07. The molecule has 2 aromatic rings. The van der Waals surface area contributed by atoms with Crippen LogP contribution < -0.4 is 10.2 Å². The average molecular weight is 391 g/mol. The minimum atomic E-state index is -0.545. The van der Waals surface area contributed by atoms with Gasteiger partial charge < -0.3 is 10.2 Å². The number of amides is 2. The Balaban J connectivity index is 2.02. The molecular formula is C21H24ClFN2O2. The highest BCUT2D eigenvalue weighted by molar-refractivity contribution is 6.31. The fourth-order valence-corrected chi connectivity index (χ4v) is 2.80. The third-order valence-corrected chi connectivity index (χ3v) is 4.48. The lowest BCUT2D eigenvalue weighted by molar-refractivity contribution is -0.117. The van der Waals surface area contributed by atoms with E-state index in [-0.39, 0.29) is 35.2 Å². The number of hydrogen-bond acceptors (Lipinski definition) is 2. The quantitative estimate of drug-likeness (QED) is 0.766. The Morgan fingerprint density at radius 1 is 1.11 bits per heavy atom. The number of anilines is 2. The molecule has 0 saturated heterocycles. The van der Waals surface area contributed by atoms with Gasteiger partial charge in [-0.2, -0.15) is 0 Å².